The van der Waals surface area contributed by atoms with Crippen molar-refractivity contribution in [3.63, 3.8) is 0 Å². The Kier molecular flexibility index (Phi) is 7.66. The van der Waals surface area contributed by atoms with Crippen LogP contribution in [0.15, 0.2) is 12.2 Å². The normalized spacial score (nSPS) is 47.0. The molecule has 28 heavy (non-hydrogen) atoms. The van der Waals surface area contributed by atoms with E-state index in [-0.39, 0.29) is 24.4 Å². The molecule has 0 aromatic carbocycles. The van der Waals surface area contributed by atoms with Crippen molar-refractivity contribution >= 4 is 0 Å². The van der Waals surface area contributed by atoms with Crippen LogP contribution in [0.2, 0.25) is 0 Å². The van der Waals surface area contributed by atoms with Gasteiger partial charge in [-0.25, -0.2) is 0 Å². The largest absolute Gasteiger partial charge is 0.372 e. The maximum Gasteiger partial charge on any atom is 0.0869 e. The summed E-state index contributed by atoms with van der Waals surface area (Å²) >= 11 is 0. The topological polar surface area (TPSA) is 27.7 Å². The van der Waals surface area contributed by atoms with Crippen molar-refractivity contribution in [1.29, 1.82) is 0 Å². The number of rotatable bonds is 6. The van der Waals surface area contributed by atoms with Gasteiger partial charge in [-0.2, -0.15) is 0 Å². The molecule has 0 spiro atoms. The highest BCUT2D eigenvalue weighted by molar-refractivity contribution is 5.11. The molecule has 2 unspecified atom stereocenters. The molecule has 0 saturated carbocycles. The molecule has 162 valence electrons. The van der Waals surface area contributed by atoms with Gasteiger partial charge in [0.25, 0.3) is 0 Å². The van der Waals surface area contributed by atoms with E-state index in [1.165, 1.54) is 24.8 Å². The maximum absolute atomic E-state index is 6.71. The third kappa shape index (κ3) is 4.68. The average Bonchev–Trinajstić information content (AvgIpc) is 2.65. The zero-order valence-electron chi connectivity index (χ0n) is 19.2. The first-order valence-electron chi connectivity index (χ1n) is 12.0. The van der Waals surface area contributed by atoms with E-state index in [9.17, 15) is 0 Å². The van der Waals surface area contributed by atoms with Gasteiger partial charge in [0, 0.05) is 6.42 Å². The molecule has 3 nitrogen and oxygen atoms in total. The number of fused-ring (bicyclic) bond motifs is 1. The minimum atomic E-state index is 0.145. The van der Waals surface area contributed by atoms with Crippen LogP contribution in [0.3, 0.4) is 0 Å². The Bertz CT molecular complexity index is 518. The van der Waals surface area contributed by atoms with E-state index in [4.69, 9.17) is 14.2 Å². The molecule has 3 aliphatic rings. The van der Waals surface area contributed by atoms with Crippen molar-refractivity contribution in [2.24, 2.45) is 23.7 Å². The van der Waals surface area contributed by atoms with Gasteiger partial charge in [0.1, 0.15) is 0 Å². The Morgan fingerprint density at radius 3 is 2.25 bits per heavy atom. The first-order valence-corrected chi connectivity index (χ1v) is 12.0. The molecular formula is C25H44O3. The lowest BCUT2D eigenvalue weighted by molar-refractivity contribution is -0.244. The fourth-order valence-electron chi connectivity index (χ4n) is 5.73. The van der Waals surface area contributed by atoms with Crippen molar-refractivity contribution in [2.45, 2.75) is 123 Å². The molecule has 0 N–H and O–H groups in total. The van der Waals surface area contributed by atoms with Crippen molar-refractivity contribution < 1.29 is 14.2 Å². The second-order valence-corrected chi connectivity index (χ2v) is 10.1. The summed E-state index contributed by atoms with van der Waals surface area (Å²) in [6.45, 7) is 18.3. The van der Waals surface area contributed by atoms with Gasteiger partial charge < -0.3 is 14.2 Å². The number of hydrogen-bond acceptors (Lipinski definition) is 3. The second kappa shape index (κ2) is 9.62. The molecule has 0 radical (unpaired) electrons. The summed E-state index contributed by atoms with van der Waals surface area (Å²) < 4.78 is 19.8. The fourth-order valence-corrected chi connectivity index (χ4v) is 5.73. The van der Waals surface area contributed by atoms with Gasteiger partial charge >= 0.3 is 0 Å². The van der Waals surface area contributed by atoms with Crippen LogP contribution in [0.1, 0.15) is 86.5 Å². The molecule has 0 aromatic rings. The minimum Gasteiger partial charge on any atom is -0.372 e. The van der Waals surface area contributed by atoms with E-state index >= 15 is 0 Å². The second-order valence-electron chi connectivity index (χ2n) is 10.1. The van der Waals surface area contributed by atoms with Crippen LogP contribution in [0.4, 0.5) is 0 Å². The molecule has 0 amide bonds. The van der Waals surface area contributed by atoms with E-state index in [0.717, 1.165) is 25.7 Å². The number of ether oxygens (including phenoxy) is 3. The monoisotopic (exact) mass is 392 g/mol. The predicted octanol–water partition coefficient (Wildman–Crippen LogP) is 6.16. The zero-order chi connectivity index (χ0) is 20.4. The van der Waals surface area contributed by atoms with Crippen molar-refractivity contribution in [1.82, 2.24) is 0 Å². The van der Waals surface area contributed by atoms with Gasteiger partial charge in [-0.05, 0) is 54.9 Å². The molecule has 3 rings (SSSR count). The summed E-state index contributed by atoms with van der Waals surface area (Å²) in [6.07, 6.45) is 9.55. The lowest BCUT2D eigenvalue weighted by Gasteiger charge is -2.51. The summed E-state index contributed by atoms with van der Waals surface area (Å²) in [4.78, 5) is 0. The van der Waals surface area contributed by atoms with E-state index in [0.29, 0.717) is 35.9 Å². The van der Waals surface area contributed by atoms with E-state index < -0.39 is 0 Å². The van der Waals surface area contributed by atoms with Crippen LogP contribution in [0, 0.1) is 23.7 Å². The standard InChI is InChI=1S/C25H44O3/c1-8-10-20-12-15(3)17(5)22(26-20)14-23-18(6)19(7)25-24(27-23)13-16(4)21(28-25)11-9-2/h15-16,18-25H,5,8-14H2,1-4,6-7H3/t15?,16-,18-,19?,20+,21-,22-,23+,24+,25+/m1/s1. The highest BCUT2D eigenvalue weighted by Gasteiger charge is 2.48. The molecule has 0 aliphatic carbocycles. The third-order valence-electron chi connectivity index (χ3n) is 7.87. The molecule has 3 saturated heterocycles. The Hall–Kier alpha value is -0.380. The lowest BCUT2D eigenvalue weighted by atomic mass is 9.74. The van der Waals surface area contributed by atoms with Gasteiger partial charge in [0.15, 0.2) is 0 Å². The van der Waals surface area contributed by atoms with Crippen LogP contribution < -0.4 is 0 Å². The van der Waals surface area contributed by atoms with Gasteiger partial charge in [-0.3, -0.25) is 0 Å². The molecule has 3 aliphatic heterocycles. The van der Waals surface area contributed by atoms with Crippen LogP contribution in [0.25, 0.3) is 0 Å². The van der Waals surface area contributed by atoms with Crippen LogP contribution in [0.5, 0.6) is 0 Å². The van der Waals surface area contributed by atoms with Crippen LogP contribution in [-0.4, -0.2) is 36.6 Å². The quantitative estimate of drug-likeness (QED) is 0.507. The smallest absolute Gasteiger partial charge is 0.0869 e. The number of hydrogen-bond donors (Lipinski definition) is 0. The summed E-state index contributed by atoms with van der Waals surface area (Å²) in [5, 5.41) is 0. The Morgan fingerprint density at radius 2 is 1.57 bits per heavy atom. The Labute approximate surface area is 173 Å². The molecule has 3 fully saturated rings. The van der Waals surface area contributed by atoms with Gasteiger partial charge in [0.2, 0.25) is 0 Å². The van der Waals surface area contributed by atoms with Crippen molar-refractivity contribution in [2.75, 3.05) is 0 Å². The summed E-state index contributed by atoms with van der Waals surface area (Å²) in [7, 11) is 0. The molecule has 0 aromatic heterocycles. The van der Waals surface area contributed by atoms with Crippen molar-refractivity contribution in [3.8, 4) is 0 Å². The Balaban J connectivity index is 1.66. The molecule has 3 heterocycles. The molecule has 0 bridgehead atoms. The van der Waals surface area contributed by atoms with E-state index in [2.05, 4.69) is 48.1 Å². The third-order valence-corrected chi connectivity index (χ3v) is 7.87. The predicted molar refractivity (Wildman–Crippen MR) is 115 cm³/mol. The summed E-state index contributed by atoms with van der Waals surface area (Å²) in [6, 6.07) is 0. The zero-order valence-corrected chi connectivity index (χ0v) is 19.2. The van der Waals surface area contributed by atoms with Gasteiger partial charge in [-0.1, -0.05) is 61.0 Å². The molecular weight excluding hydrogens is 348 g/mol. The summed E-state index contributed by atoms with van der Waals surface area (Å²) in [5.41, 5.74) is 1.27. The average molecular weight is 393 g/mol. The minimum absolute atomic E-state index is 0.145. The van der Waals surface area contributed by atoms with Crippen LogP contribution in [-0.2, 0) is 14.2 Å². The highest BCUT2D eigenvalue weighted by Crippen LogP contribution is 2.43. The maximum atomic E-state index is 6.71. The fraction of sp³-hybridized carbons (Fsp3) is 0.920. The van der Waals surface area contributed by atoms with Crippen LogP contribution >= 0.6 is 0 Å². The first kappa shape index (κ1) is 22.3. The molecule has 3 heteroatoms. The summed E-state index contributed by atoms with van der Waals surface area (Å²) in [5.74, 6) is 2.14. The highest BCUT2D eigenvalue weighted by atomic mass is 16.6. The molecule has 10 atom stereocenters. The van der Waals surface area contributed by atoms with Gasteiger partial charge in [-0.15, -0.1) is 0 Å². The van der Waals surface area contributed by atoms with E-state index in [1.54, 1.807) is 0 Å². The van der Waals surface area contributed by atoms with Crippen molar-refractivity contribution in [3.05, 3.63) is 12.2 Å². The SMILES string of the molecule is C=C1C(C)C[C@H](CCC)O[C@@H]1C[C@@H]1O[C@H]2C[C@@H](C)[C@@H](CCC)O[C@H]2C(C)[C@H]1C. The lowest BCUT2D eigenvalue weighted by Crippen LogP contribution is -2.56. The Morgan fingerprint density at radius 1 is 0.857 bits per heavy atom. The van der Waals surface area contributed by atoms with E-state index in [1.807, 2.05) is 0 Å². The first-order chi connectivity index (χ1) is 13.3. The van der Waals surface area contributed by atoms with Gasteiger partial charge in [0.05, 0.1) is 36.6 Å².